The van der Waals surface area contributed by atoms with Gasteiger partial charge in [0.05, 0.1) is 15.1 Å². The maximum Gasteiger partial charge on any atom is 0.573 e. The molecule has 0 aliphatic heterocycles. The summed E-state index contributed by atoms with van der Waals surface area (Å²) in [6.45, 7) is 1.99. The van der Waals surface area contributed by atoms with Gasteiger partial charge < -0.3 is 4.74 Å². The average Bonchev–Trinajstić information content (AvgIpc) is 3.09. The minimum absolute atomic E-state index is 0.00993. The number of primary sulfonamides is 1. The van der Waals surface area contributed by atoms with Gasteiger partial charge in [0.2, 0.25) is 10.0 Å². The number of rotatable bonds is 4. The molecule has 0 radical (unpaired) electrons. The van der Waals surface area contributed by atoms with Gasteiger partial charge in [0.25, 0.3) is 0 Å². The Balaban J connectivity index is 1.75. The number of nitrogens with two attached hydrogens (primary N) is 1. The van der Waals surface area contributed by atoms with E-state index in [1.54, 1.807) is 24.3 Å². The summed E-state index contributed by atoms with van der Waals surface area (Å²) in [6.07, 6.45) is -4.91. The van der Waals surface area contributed by atoms with Crippen molar-refractivity contribution >= 4 is 31.6 Å². The predicted molar refractivity (Wildman–Crippen MR) is 113 cm³/mol. The zero-order valence-electron chi connectivity index (χ0n) is 16.0. The van der Waals surface area contributed by atoms with Crippen LogP contribution in [-0.4, -0.2) is 19.8 Å². The molecule has 0 spiro atoms. The lowest BCUT2D eigenvalue weighted by molar-refractivity contribution is -0.274. The second kappa shape index (κ2) is 7.63. The third kappa shape index (κ3) is 4.71. The highest BCUT2D eigenvalue weighted by molar-refractivity contribution is 7.89. The van der Waals surface area contributed by atoms with Crippen LogP contribution in [0.5, 0.6) is 5.75 Å². The van der Waals surface area contributed by atoms with Crippen molar-refractivity contribution < 1.29 is 26.3 Å². The maximum absolute atomic E-state index is 12.6. The topological polar surface area (TPSA) is 82.3 Å². The highest BCUT2D eigenvalue weighted by atomic mass is 32.2. The first kappa shape index (κ1) is 21.3. The summed E-state index contributed by atoms with van der Waals surface area (Å²) >= 11 is 1.51. The molecule has 0 saturated heterocycles. The van der Waals surface area contributed by atoms with Crippen molar-refractivity contribution in [2.45, 2.75) is 18.2 Å². The van der Waals surface area contributed by atoms with E-state index in [0.717, 1.165) is 44.6 Å². The fourth-order valence-corrected chi connectivity index (χ4v) is 4.94. The number of thiazole rings is 1. The quantitative estimate of drug-likeness (QED) is 0.433. The van der Waals surface area contributed by atoms with E-state index in [0.29, 0.717) is 5.56 Å². The van der Waals surface area contributed by atoms with Crippen molar-refractivity contribution in [1.29, 1.82) is 0 Å². The molecule has 5 nitrogen and oxygen atoms in total. The molecule has 0 amide bonds. The van der Waals surface area contributed by atoms with Crippen LogP contribution in [0.15, 0.2) is 65.6 Å². The number of sulfonamides is 1. The number of halogens is 3. The number of fused-ring (bicyclic) bond motifs is 1. The summed E-state index contributed by atoms with van der Waals surface area (Å²) in [5, 5.41) is 6.02. The Kier molecular flexibility index (Phi) is 5.24. The average molecular weight is 464 g/mol. The van der Waals surface area contributed by atoms with Gasteiger partial charge in [0, 0.05) is 11.1 Å². The third-order valence-corrected chi connectivity index (χ3v) is 6.51. The maximum atomic E-state index is 12.6. The first-order chi connectivity index (χ1) is 14.5. The molecule has 0 bridgehead atoms. The fourth-order valence-electron chi connectivity index (χ4n) is 3.13. The van der Waals surface area contributed by atoms with E-state index in [9.17, 15) is 21.6 Å². The summed E-state index contributed by atoms with van der Waals surface area (Å²) in [7, 11) is -4.17. The summed E-state index contributed by atoms with van der Waals surface area (Å²) in [5.41, 5.74) is 3.16. The molecule has 4 rings (SSSR count). The van der Waals surface area contributed by atoms with Gasteiger partial charge in [-0.2, -0.15) is 0 Å². The monoisotopic (exact) mass is 464 g/mol. The van der Waals surface area contributed by atoms with Crippen LogP contribution in [0.25, 0.3) is 31.9 Å². The van der Waals surface area contributed by atoms with Crippen molar-refractivity contribution in [3.63, 3.8) is 0 Å². The van der Waals surface area contributed by atoms with Crippen molar-refractivity contribution in [2.24, 2.45) is 5.14 Å². The summed E-state index contributed by atoms with van der Waals surface area (Å²) < 4.78 is 66.6. The molecule has 2 N–H and O–H groups in total. The number of hydrogen-bond acceptors (Lipinski definition) is 5. The molecule has 3 aromatic carbocycles. The Morgan fingerprint density at radius 3 is 2.29 bits per heavy atom. The minimum atomic E-state index is -4.91. The summed E-state index contributed by atoms with van der Waals surface area (Å²) in [4.78, 5) is 4.29. The van der Waals surface area contributed by atoms with Crippen molar-refractivity contribution in [1.82, 2.24) is 4.98 Å². The van der Waals surface area contributed by atoms with Crippen molar-refractivity contribution in [2.75, 3.05) is 0 Å². The van der Waals surface area contributed by atoms with Gasteiger partial charge in [-0.15, -0.1) is 24.5 Å². The molecule has 10 heteroatoms. The van der Waals surface area contributed by atoms with E-state index in [-0.39, 0.29) is 10.5 Å². The number of nitrogens with zero attached hydrogens (tertiary/aromatic N) is 1. The van der Waals surface area contributed by atoms with Gasteiger partial charge in [0.1, 0.15) is 10.8 Å². The zero-order valence-corrected chi connectivity index (χ0v) is 17.6. The number of alkyl halides is 3. The number of hydrogen-bond donors (Lipinski definition) is 1. The number of ether oxygens (including phenoxy) is 1. The lowest BCUT2D eigenvalue weighted by Gasteiger charge is -2.13. The van der Waals surface area contributed by atoms with Gasteiger partial charge in [-0.1, -0.05) is 30.3 Å². The smallest absolute Gasteiger partial charge is 0.406 e. The van der Waals surface area contributed by atoms with E-state index < -0.39 is 22.1 Å². The van der Waals surface area contributed by atoms with E-state index in [1.165, 1.54) is 11.3 Å². The summed E-state index contributed by atoms with van der Waals surface area (Å²) in [5.74, 6) is -0.541. The van der Waals surface area contributed by atoms with Crippen molar-refractivity contribution in [3.8, 4) is 27.4 Å². The van der Waals surface area contributed by atoms with Crippen LogP contribution in [-0.2, 0) is 10.0 Å². The van der Waals surface area contributed by atoms with E-state index in [2.05, 4.69) is 9.72 Å². The van der Waals surface area contributed by atoms with Gasteiger partial charge >= 0.3 is 6.36 Å². The second-order valence-corrected chi connectivity index (χ2v) is 9.38. The van der Waals surface area contributed by atoms with Crippen LogP contribution in [0.4, 0.5) is 13.2 Å². The number of benzene rings is 3. The lowest BCUT2D eigenvalue weighted by Crippen LogP contribution is -2.18. The molecule has 31 heavy (non-hydrogen) atoms. The third-order valence-electron chi connectivity index (χ3n) is 4.48. The highest BCUT2D eigenvalue weighted by Gasteiger charge is 2.31. The molecular weight excluding hydrogens is 449 g/mol. The molecular formula is C21H15F3N2O3S2. The van der Waals surface area contributed by atoms with Crippen LogP contribution >= 0.6 is 11.3 Å². The summed E-state index contributed by atoms with van der Waals surface area (Å²) in [6, 6.07) is 15.5. The van der Waals surface area contributed by atoms with E-state index in [4.69, 9.17) is 5.14 Å². The van der Waals surface area contributed by atoms with E-state index in [1.807, 2.05) is 25.1 Å². The van der Waals surface area contributed by atoms with Crippen LogP contribution in [0.2, 0.25) is 0 Å². The Hall–Kier alpha value is -2.95. The zero-order chi connectivity index (χ0) is 22.4. The number of aromatic nitrogens is 1. The van der Waals surface area contributed by atoms with Gasteiger partial charge in [-0.3, -0.25) is 0 Å². The first-order valence-electron chi connectivity index (χ1n) is 8.90. The minimum Gasteiger partial charge on any atom is -0.406 e. The van der Waals surface area contributed by atoms with Crippen LogP contribution in [0.1, 0.15) is 5.56 Å². The molecule has 1 heterocycles. The largest absolute Gasteiger partial charge is 0.573 e. The molecule has 0 atom stereocenters. The molecule has 0 unspecified atom stereocenters. The van der Waals surface area contributed by atoms with Crippen molar-refractivity contribution in [3.05, 3.63) is 66.2 Å². The first-order valence-corrected chi connectivity index (χ1v) is 11.3. The number of aryl methyl sites for hydroxylation is 1. The molecule has 0 aliphatic rings. The normalized spacial score (nSPS) is 12.3. The SMILES string of the molecule is Cc1ccc2nc(-c3ccc(-c4cc(OC(F)(F)F)ccc4S(N)(=O)=O)cc3)sc2c1. The molecule has 1 aromatic heterocycles. The molecule has 4 aromatic rings. The Bertz CT molecular complexity index is 1380. The van der Waals surface area contributed by atoms with E-state index >= 15 is 0 Å². The molecule has 160 valence electrons. The van der Waals surface area contributed by atoms with Crippen LogP contribution < -0.4 is 9.88 Å². The predicted octanol–water partition coefficient (Wildman–Crippen LogP) is 5.48. The second-order valence-electron chi connectivity index (χ2n) is 6.82. The van der Waals surface area contributed by atoms with Crippen LogP contribution in [0.3, 0.4) is 0 Å². The highest BCUT2D eigenvalue weighted by Crippen LogP contribution is 2.35. The molecule has 0 aliphatic carbocycles. The van der Waals surface area contributed by atoms with Gasteiger partial charge in [-0.25, -0.2) is 18.5 Å². The standard InChI is InChI=1S/C21H15F3N2O3S2/c1-12-2-8-17-18(10-12)30-20(26-17)14-5-3-13(4-6-14)16-11-15(29-21(22,23)24)7-9-19(16)31(25,27)28/h2-11H,1H3,(H2,25,27,28). The Labute approximate surface area is 180 Å². The van der Waals surface area contributed by atoms with Gasteiger partial charge in [-0.05, 0) is 48.4 Å². The Morgan fingerprint density at radius 2 is 1.65 bits per heavy atom. The molecule has 0 fully saturated rings. The lowest BCUT2D eigenvalue weighted by atomic mass is 10.0. The van der Waals surface area contributed by atoms with Crippen LogP contribution in [0, 0.1) is 6.92 Å². The van der Waals surface area contributed by atoms with Gasteiger partial charge in [0.15, 0.2) is 0 Å². The molecule has 0 saturated carbocycles. The fraction of sp³-hybridized carbons (Fsp3) is 0.0952. The Morgan fingerprint density at radius 1 is 0.968 bits per heavy atom.